The maximum Gasteiger partial charge on any atom is 0.221 e. The highest BCUT2D eigenvalue weighted by Crippen LogP contribution is 2.31. The molecule has 0 saturated carbocycles. The number of carbonyl (C=O) groups is 1. The van der Waals surface area contributed by atoms with Crippen LogP contribution in [-0.4, -0.2) is 17.2 Å². The third kappa shape index (κ3) is 7.37. The van der Waals surface area contributed by atoms with Crippen LogP contribution in [0.25, 0.3) is 11.1 Å². The van der Waals surface area contributed by atoms with Gasteiger partial charge in [-0.05, 0) is 65.0 Å². The quantitative estimate of drug-likeness (QED) is 0.502. The summed E-state index contributed by atoms with van der Waals surface area (Å²) in [6.07, 6.45) is 0.123. The third-order valence-electron chi connectivity index (χ3n) is 4.84. The first-order chi connectivity index (χ1) is 15.2. The van der Waals surface area contributed by atoms with Gasteiger partial charge in [0.15, 0.2) is 0 Å². The highest BCUT2D eigenvalue weighted by Gasteiger charge is 2.16. The van der Waals surface area contributed by atoms with E-state index in [-0.39, 0.29) is 18.2 Å². The summed E-state index contributed by atoms with van der Waals surface area (Å²) >= 11 is 0. The van der Waals surface area contributed by atoms with Crippen LogP contribution in [0.15, 0.2) is 71.6 Å². The Labute approximate surface area is 191 Å². The number of halogens is 1. The number of nitrogens with one attached hydrogen (secondary N) is 1. The zero-order valence-corrected chi connectivity index (χ0v) is 19.4. The Bertz CT molecular complexity index is 1050. The van der Waals surface area contributed by atoms with Crippen molar-refractivity contribution in [2.75, 3.05) is 7.05 Å². The van der Waals surface area contributed by atoms with Gasteiger partial charge in [-0.15, -0.1) is 0 Å². The van der Waals surface area contributed by atoms with Gasteiger partial charge < -0.3 is 11.1 Å². The van der Waals surface area contributed by atoms with Gasteiger partial charge in [0.05, 0.1) is 11.3 Å². The van der Waals surface area contributed by atoms with Gasteiger partial charge in [-0.3, -0.25) is 4.79 Å². The number of hydrogen-bond donors (Lipinski definition) is 3. The molecule has 3 aromatic carbocycles. The Balaban J connectivity index is 0.000000258. The number of carbonyl (C=O) groups excluding carboxylic acids is 1. The first-order valence-electron chi connectivity index (χ1n) is 10.3. The number of benzene rings is 3. The predicted molar refractivity (Wildman–Crippen MR) is 129 cm³/mol. The second kappa shape index (κ2) is 12.2. The molecule has 0 heterocycles. The van der Waals surface area contributed by atoms with Gasteiger partial charge in [0.2, 0.25) is 5.91 Å². The van der Waals surface area contributed by atoms with Crippen LogP contribution in [0.5, 0.6) is 0 Å². The molecule has 7 heteroatoms. The Kier molecular flexibility index (Phi) is 9.71. The van der Waals surface area contributed by atoms with Crippen LogP contribution in [0.1, 0.15) is 36.5 Å². The smallest absolute Gasteiger partial charge is 0.221 e. The van der Waals surface area contributed by atoms with E-state index in [0.717, 1.165) is 34.4 Å². The lowest BCUT2D eigenvalue weighted by Gasteiger charge is -2.17. The van der Waals surface area contributed by atoms with Crippen molar-refractivity contribution in [3.63, 3.8) is 0 Å². The van der Waals surface area contributed by atoms with Crippen molar-refractivity contribution < 1.29 is 13.4 Å². The molecule has 1 atom stereocenters. The molecule has 0 bridgehead atoms. The molecule has 5 nitrogen and oxygen atoms in total. The Morgan fingerprint density at radius 1 is 1.06 bits per heavy atom. The maximum absolute atomic E-state index is 13.9. The molecule has 32 heavy (non-hydrogen) atoms. The summed E-state index contributed by atoms with van der Waals surface area (Å²) in [5.74, 6) is -0.570. The fourth-order valence-electron chi connectivity index (χ4n) is 3.37. The van der Waals surface area contributed by atoms with Crippen LogP contribution < -0.4 is 16.2 Å². The average molecular weight is 456 g/mol. The monoisotopic (exact) mass is 455 g/mol. The van der Waals surface area contributed by atoms with Gasteiger partial charge in [-0.1, -0.05) is 56.3 Å². The second-order valence-corrected chi connectivity index (χ2v) is 8.72. The maximum atomic E-state index is 13.9. The lowest BCUT2D eigenvalue weighted by molar-refractivity contribution is -0.117. The summed E-state index contributed by atoms with van der Waals surface area (Å²) < 4.78 is 24.7. The fraction of sp³-hybridized carbons (Fsp3) is 0.240. The van der Waals surface area contributed by atoms with E-state index in [0.29, 0.717) is 4.90 Å². The van der Waals surface area contributed by atoms with Crippen LogP contribution in [0, 0.1) is 5.82 Å². The van der Waals surface area contributed by atoms with Crippen molar-refractivity contribution in [3.8, 4) is 11.1 Å². The Hall–Kier alpha value is -2.87. The largest absolute Gasteiger partial charge is 0.369 e. The van der Waals surface area contributed by atoms with Crippen molar-refractivity contribution in [2.45, 2.75) is 37.6 Å². The summed E-state index contributed by atoms with van der Waals surface area (Å²) in [4.78, 5) is 12.0. The zero-order chi connectivity index (χ0) is 23.7. The molecule has 0 aliphatic heterocycles. The SMILES string of the molecule is CC(C)c1cc(F)cc(-c2ccccc2)c1CC(N)=O.CNCc1ccc(S(N)=O)cc1. The van der Waals surface area contributed by atoms with E-state index in [2.05, 4.69) is 5.32 Å². The highest BCUT2D eigenvalue weighted by atomic mass is 32.2. The molecule has 0 aliphatic carbocycles. The molecule has 1 amide bonds. The van der Waals surface area contributed by atoms with Crippen molar-refractivity contribution in [3.05, 3.63) is 89.2 Å². The normalized spacial score (nSPS) is 11.6. The highest BCUT2D eigenvalue weighted by molar-refractivity contribution is 7.82. The number of hydrogen-bond acceptors (Lipinski definition) is 3. The van der Waals surface area contributed by atoms with Crippen molar-refractivity contribution in [1.29, 1.82) is 0 Å². The van der Waals surface area contributed by atoms with Gasteiger partial charge in [0, 0.05) is 6.54 Å². The molecule has 3 rings (SSSR count). The average Bonchev–Trinajstić information content (AvgIpc) is 2.76. The van der Waals surface area contributed by atoms with Gasteiger partial charge >= 0.3 is 0 Å². The summed E-state index contributed by atoms with van der Waals surface area (Å²) in [6, 6.07) is 19.9. The summed E-state index contributed by atoms with van der Waals surface area (Å²) in [6.45, 7) is 4.78. The van der Waals surface area contributed by atoms with Crippen LogP contribution in [0.2, 0.25) is 0 Å². The molecule has 170 valence electrons. The van der Waals surface area contributed by atoms with E-state index in [1.807, 2.05) is 63.4 Å². The first-order valence-corrected chi connectivity index (χ1v) is 11.5. The number of rotatable bonds is 7. The van der Waals surface area contributed by atoms with E-state index in [4.69, 9.17) is 10.9 Å². The molecule has 0 radical (unpaired) electrons. The molecular formula is C25H30FN3O2S. The van der Waals surface area contributed by atoms with E-state index >= 15 is 0 Å². The van der Waals surface area contributed by atoms with Gasteiger partial charge in [0.25, 0.3) is 0 Å². The van der Waals surface area contributed by atoms with Crippen LogP contribution in [-0.2, 0) is 28.7 Å². The fourth-order valence-corrected chi connectivity index (χ4v) is 3.77. The summed E-state index contributed by atoms with van der Waals surface area (Å²) in [5.41, 5.74) is 9.80. The third-order valence-corrected chi connectivity index (χ3v) is 5.58. The zero-order valence-electron chi connectivity index (χ0n) is 18.6. The van der Waals surface area contributed by atoms with Gasteiger partial charge in [-0.25, -0.2) is 13.7 Å². The lowest BCUT2D eigenvalue weighted by Crippen LogP contribution is -2.16. The Morgan fingerprint density at radius 3 is 2.19 bits per heavy atom. The van der Waals surface area contributed by atoms with Crippen LogP contribution in [0.3, 0.4) is 0 Å². The molecular weight excluding hydrogens is 425 g/mol. The molecule has 0 spiro atoms. The predicted octanol–water partition coefficient (Wildman–Crippen LogP) is 4.03. The first kappa shape index (κ1) is 25.4. The Morgan fingerprint density at radius 2 is 1.69 bits per heavy atom. The second-order valence-electron chi connectivity index (χ2n) is 7.66. The van der Waals surface area contributed by atoms with Crippen molar-refractivity contribution in [2.24, 2.45) is 10.9 Å². The number of primary amides is 1. The van der Waals surface area contributed by atoms with Crippen LogP contribution >= 0.6 is 0 Å². The molecule has 0 fully saturated rings. The van der Waals surface area contributed by atoms with E-state index in [1.54, 1.807) is 12.1 Å². The molecule has 0 aromatic heterocycles. The van der Waals surface area contributed by atoms with Gasteiger partial charge in [-0.2, -0.15) is 0 Å². The summed E-state index contributed by atoms with van der Waals surface area (Å²) in [7, 11) is 0.522. The summed E-state index contributed by atoms with van der Waals surface area (Å²) in [5, 5.41) is 8.22. The lowest BCUT2D eigenvalue weighted by atomic mass is 9.88. The molecule has 0 saturated heterocycles. The van der Waals surface area contributed by atoms with E-state index < -0.39 is 16.9 Å². The molecule has 1 unspecified atom stereocenters. The molecule has 0 aliphatic rings. The van der Waals surface area contributed by atoms with Crippen molar-refractivity contribution in [1.82, 2.24) is 5.32 Å². The standard InChI is InChI=1S/C17H18FNO.C8H12N2OS/c1-11(2)14-8-13(18)9-15(16(14)10-17(19)20)12-6-4-3-5-7-12;1-10-6-7-2-4-8(5-3-7)12(9)11/h3-9,11H,10H2,1-2H3,(H2,19,20);2-5,10H,6,9H2,1H3. The molecule has 3 aromatic rings. The topological polar surface area (TPSA) is 98.2 Å². The van der Waals surface area contributed by atoms with Crippen molar-refractivity contribution >= 4 is 16.9 Å². The molecule has 5 N–H and O–H groups in total. The minimum atomic E-state index is -1.36. The van der Waals surface area contributed by atoms with Crippen LogP contribution in [0.4, 0.5) is 4.39 Å². The van der Waals surface area contributed by atoms with E-state index in [9.17, 15) is 13.4 Å². The minimum Gasteiger partial charge on any atom is -0.369 e. The van der Waals surface area contributed by atoms with E-state index in [1.165, 1.54) is 12.1 Å². The number of amides is 1. The van der Waals surface area contributed by atoms with Gasteiger partial charge in [0.1, 0.15) is 16.8 Å². The number of nitrogens with two attached hydrogens (primary N) is 2. The minimum absolute atomic E-state index is 0.123.